The van der Waals surface area contributed by atoms with Crippen molar-refractivity contribution in [2.75, 3.05) is 12.4 Å². The van der Waals surface area contributed by atoms with E-state index in [2.05, 4.69) is 27.3 Å². The van der Waals surface area contributed by atoms with Crippen LogP contribution in [0.1, 0.15) is 45.9 Å². The Morgan fingerprint density at radius 3 is 2.81 bits per heavy atom. The van der Waals surface area contributed by atoms with E-state index < -0.39 is 12.5 Å². The first-order chi connectivity index (χ1) is 15.0. The Hall–Kier alpha value is -3.42. The number of carbonyl (C=O) groups is 1. The molecule has 1 atom stereocenters. The standard InChI is InChI=1S/C23H23F2N3O3/c1-14-13-26-28(18-11-5-8-15-7-3-4-9-16(15)18)21(14)27-22(29)17-10-6-12-19(30-2)20(17)31-23(24)25/h3-4,6-7,9-10,12-13,18,23H,5,8,11H2,1-2H3,(H,27,29). The number of methoxy groups -OCH3 is 1. The number of alkyl halides is 2. The molecule has 162 valence electrons. The molecule has 0 bridgehead atoms. The topological polar surface area (TPSA) is 65.4 Å². The first-order valence-corrected chi connectivity index (χ1v) is 10.0. The zero-order valence-corrected chi connectivity index (χ0v) is 17.3. The van der Waals surface area contributed by atoms with E-state index in [0.717, 1.165) is 24.8 Å². The van der Waals surface area contributed by atoms with Crippen molar-refractivity contribution < 1.29 is 23.0 Å². The molecule has 1 aromatic heterocycles. The van der Waals surface area contributed by atoms with Crippen molar-refractivity contribution in [1.82, 2.24) is 9.78 Å². The van der Waals surface area contributed by atoms with Crippen LogP contribution in [0.25, 0.3) is 0 Å². The van der Waals surface area contributed by atoms with Gasteiger partial charge in [-0.05, 0) is 49.4 Å². The number of nitrogens with zero attached hydrogens (tertiary/aromatic N) is 2. The van der Waals surface area contributed by atoms with Gasteiger partial charge in [0, 0.05) is 5.56 Å². The first kappa shape index (κ1) is 20.8. The van der Waals surface area contributed by atoms with Gasteiger partial charge in [-0.1, -0.05) is 30.3 Å². The second kappa shape index (κ2) is 8.75. The van der Waals surface area contributed by atoms with Gasteiger partial charge < -0.3 is 14.8 Å². The van der Waals surface area contributed by atoms with Crippen LogP contribution in [-0.4, -0.2) is 29.4 Å². The van der Waals surface area contributed by atoms with Crippen LogP contribution < -0.4 is 14.8 Å². The summed E-state index contributed by atoms with van der Waals surface area (Å²) in [5.74, 6) is -0.301. The lowest BCUT2D eigenvalue weighted by Crippen LogP contribution is -2.23. The zero-order chi connectivity index (χ0) is 22.0. The van der Waals surface area contributed by atoms with E-state index in [9.17, 15) is 13.6 Å². The minimum atomic E-state index is -3.09. The average Bonchev–Trinajstić information content (AvgIpc) is 3.13. The van der Waals surface area contributed by atoms with Crippen LogP contribution in [0.5, 0.6) is 11.5 Å². The van der Waals surface area contributed by atoms with Crippen molar-refractivity contribution >= 4 is 11.7 Å². The van der Waals surface area contributed by atoms with Crippen molar-refractivity contribution in [2.45, 2.75) is 38.8 Å². The monoisotopic (exact) mass is 427 g/mol. The molecule has 8 heteroatoms. The van der Waals surface area contributed by atoms with Gasteiger partial charge in [0.1, 0.15) is 5.82 Å². The lowest BCUT2D eigenvalue weighted by atomic mass is 9.88. The van der Waals surface area contributed by atoms with E-state index in [-0.39, 0.29) is 23.1 Å². The number of fused-ring (bicyclic) bond motifs is 1. The quantitative estimate of drug-likeness (QED) is 0.603. The van der Waals surface area contributed by atoms with Gasteiger partial charge in [-0.2, -0.15) is 13.9 Å². The minimum absolute atomic E-state index is 0.0176. The number of hydrogen-bond donors (Lipinski definition) is 1. The molecular weight excluding hydrogens is 404 g/mol. The second-order valence-corrected chi connectivity index (χ2v) is 7.40. The second-order valence-electron chi connectivity index (χ2n) is 7.40. The van der Waals surface area contributed by atoms with Gasteiger partial charge in [0.2, 0.25) is 0 Å². The molecule has 31 heavy (non-hydrogen) atoms. The van der Waals surface area contributed by atoms with E-state index in [1.54, 1.807) is 16.9 Å². The Kier molecular flexibility index (Phi) is 5.88. The summed E-state index contributed by atoms with van der Waals surface area (Å²) in [5, 5.41) is 7.36. The summed E-state index contributed by atoms with van der Waals surface area (Å²) < 4.78 is 37.4. The van der Waals surface area contributed by atoms with Crippen molar-refractivity contribution in [3.8, 4) is 11.5 Å². The predicted molar refractivity (Wildman–Crippen MR) is 112 cm³/mol. The fraction of sp³-hybridized carbons (Fsp3) is 0.304. The SMILES string of the molecule is COc1cccc(C(=O)Nc2c(C)cnn2C2CCCc3ccccc32)c1OC(F)F. The highest BCUT2D eigenvalue weighted by atomic mass is 19.3. The predicted octanol–water partition coefficient (Wildman–Crippen LogP) is 4.98. The molecule has 0 radical (unpaired) electrons. The summed E-state index contributed by atoms with van der Waals surface area (Å²) in [6.45, 7) is -1.25. The van der Waals surface area contributed by atoms with Crippen LogP contribution in [0, 0.1) is 6.92 Å². The van der Waals surface area contributed by atoms with Gasteiger partial charge in [0.25, 0.3) is 5.91 Å². The van der Waals surface area contributed by atoms with E-state index in [4.69, 9.17) is 4.74 Å². The Labute approximate surface area is 178 Å². The van der Waals surface area contributed by atoms with Crippen molar-refractivity contribution in [2.24, 2.45) is 0 Å². The third-order valence-corrected chi connectivity index (χ3v) is 5.49. The molecule has 0 spiro atoms. The molecule has 4 rings (SSSR count). The zero-order valence-electron chi connectivity index (χ0n) is 17.3. The Balaban J connectivity index is 1.69. The van der Waals surface area contributed by atoms with Gasteiger partial charge >= 0.3 is 6.61 Å². The fourth-order valence-electron chi connectivity index (χ4n) is 4.06. The summed E-state index contributed by atoms with van der Waals surface area (Å²) in [4.78, 5) is 13.1. The number of para-hydroxylation sites is 1. The number of benzene rings is 2. The molecule has 0 saturated carbocycles. The molecule has 3 aromatic rings. The van der Waals surface area contributed by atoms with Gasteiger partial charge in [-0.15, -0.1) is 0 Å². The fourth-order valence-corrected chi connectivity index (χ4v) is 4.06. The van der Waals surface area contributed by atoms with Crippen molar-refractivity contribution in [3.63, 3.8) is 0 Å². The Bertz CT molecular complexity index is 1100. The molecule has 0 aliphatic heterocycles. The maximum Gasteiger partial charge on any atom is 0.387 e. The van der Waals surface area contributed by atoms with E-state index in [1.807, 2.05) is 19.1 Å². The number of hydrogen-bond acceptors (Lipinski definition) is 4. The number of rotatable bonds is 6. The summed E-state index contributed by atoms with van der Waals surface area (Å²) in [6.07, 6.45) is 4.60. The van der Waals surface area contributed by atoms with Crippen LogP contribution >= 0.6 is 0 Å². The molecule has 1 aliphatic carbocycles. The number of aromatic nitrogens is 2. The lowest BCUT2D eigenvalue weighted by Gasteiger charge is -2.27. The number of carbonyl (C=O) groups excluding carboxylic acids is 1. The molecule has 1 aliphatic rings. The Morgan fingerprint density at radius 1 is 1.23 bits per heavy atom. The van der Waals surface area contributed by atoms with Crippen LogP contribution in [0.3, 0.4) is 0 Å². The number of halogens is 2. The molecule has 2 aromatic carbocycles. The molecule has 1 heterocycles. The largest absolute Gasteiger partial charge is 0.493 e. The normalized spacial score (nSPS) is 15.5. The smallest absolute Gasteiger partial charge is 0.387 e. The third kappa shape index (κ3) is 4.10. The van der Waals surface area contributed by atoms with E-state index in [0.29, 0.717) is 5.82 Å². The van der Waals surface area contributed by atoms with Gasteiger partial charge in [-0.3, -0.25) is 4.79 Å². The number of anilines is 1. The number of aryl methyl sites for hydroxylation is 2. The summed E-state index contributed by atoms with van der Waals surface area (Å²) in [5.41, 5.74) is 3.17. The molecular formula is C23H23F2N3O3. The summed E-state index contributed by atoms with van der Waals surface area (Å²) >= 11 is 0. The summed E-state index contributed by atoms with van der Waals surface area (Å²) in [6, 6.07) is 12.6. The van der Waals surface area contributed by atoms with Gasteiger partial charge in [-0.25, -0.2) is 4.68 Å². The van der Waals surface area contributed by atoms with Gasteiger partial charge in [0.05, 0.1) is 24.9 Å². The van der Waals surface area contributed by atoms with Crippen molar-refractivity contribution in [3.05, 3.63) is 70.9 Å². The van der Waals surface area contributed by atoms with Crippen LogP contribution in [0.4, 0.5) is 14.6 Å². The lowest BCUT2D eigenvalue weighted by molar-refractivity contribution is -0.0515. The minimum Gasteiger partial charge on any atom is -0.493 e. The Morgan fingerprint density at radius 2 is 2.03 bits per heavy atom. The number of ether oxygens (including phenoxy) is 2. The molecule has 6 nitrogen and oxygen atoms in total. The highest BCUT2D eigenvalue weighted by Crippen LogP contribution is 2.36. The van der Waals surface area contributed by atoms with Crippen LogP contribution in [0.2, 0.25) is 0 Å². The number of nitrogens with one attached hydrogen (secondary N) is 1. The molecule has 1 unspecified atom stereocenters. The number of amides is 1. The molecule has 1 amide bonds. The maximum absolute atomic E-state index is 13.1. The van der Waals surface area contributed by atoms with E-state index in [1.165, 1.54) is 30.4 Å². The van der Waals surface area contributed by atoms with E-state index >= 15 is 0 Å². The third-order valence-electron chi connectivity index (χ3n) is 5.49. The molecule has 1 N–H and O–H groups in total. The maximum atomic E-state index is 13.1. The average molecular weight is 427 g/mol. The van der Waals surface area contributed by atoms with Gasteiger partial charge in [0.15, 0.2) is 11.5 Å². The molecule has 0 saturated heterocycles. The van der Waals surface area contributed by atoms with Crippen molar-refractivity contribution in [1.29, 1.82) is 0 Å². The first-order valence-electron chi connectivity index (χ1n) is 10.0. The highest BCUT2D eigenvalue weighted by Gasteiger charge is 2.27. The van der Waals surface area contributed by atoms with Crippen LogP contribution in [0.15, 0.2) is 48.7 Å². The summed E-state index contributed by atoms with van der Waals surface area (Å²) in [7, 11) is 1.33. The molecule has 0 fully saturated rings. The highest BCUT2D eigenvalue weighted by molar-refractivity contribution is 6.06. The van der Waals surface area contributed by atoms with Crippen LogP contribution in [-0.2, 0) is 6.42 Å².